The number of halogens is 2. The monoisotopic (exact) mass is 345 g/mol. The Bertz CT molecular complexity index is 831. The molecule has 1 aromatic heterocycles. The topological polar surface area (TPSA) is 47.2 Å². The largest absolute Gasteiger partial charge is 0.618 e. The number of pyridine rings is 1. The van der Waals surface area contributed by atoms with Crippen LogP contribution in [0.2, 0.25) is 10.0 Å². The quantitative estimate of drug-likeness (QED) is 0.562. The van der Waals surface area contributed by atoms with Crippen LogP contribution in [0.5, 0.6) is 0 Å². The van der Waals surface area contributed by atoms with Crippen LogP contribution in [0.25, 0.3) is 22.4 Å². The van der Waals surface area contributed by atoms with Gasteiger partial charge in [0, 0.05) is 21.7 Å². The number of hydrogen-bond acceptors (Lipinski definition) is 2. The van der Waals surface area contributed by atoms with E-state index in [1.54, 1.807) is 42.5 Å². The van der Waals surface area contributed by atoms with Crippen molar-refractivity contribution >= 4 is 23.2 Å². The molecular weight excluding hydrogens is 333 g/mol. The van der Waals surface area contributed by atoms with Crippen molar-refractivity contribution in [2.24, 2.45) is 0 Å². The number of aliphatic hydroxyl groups excluding tert-OH is 1. The van der Waals surface area contributed by atoms with Gasteiger partial charge in [-0.1, -0.05) is 35.3 Å². The lowest BCUT2D eigenvalue weighted by atomic mass is 9.96. The smallest absolute Gasteiger partial charge is 0.229 e. The zero-order valence-electron chi connectivity index (χ0n) is 12.0. The van der Waals surface area contributed by atoms with Crippen LogP contribution >= 0.6 is 23.2 Å². The molecule has 0 spiro atoms. The molecule has 0 bridgehead atoms. The summed E-state index contributed by atoms with van der Waals surface area (Å²) in [6.07, 6.45) is 1.44. The SMILES string of the molecule is [O-][n+]1ccc(-c2ccc(Cl)cc2)c(CO)c1-c1ccc(Cl)cc1. The Labute approximate surface area is 143 Å². The van der Waals surface area contributed by atoms with Crippen molar-refractivity contribution in [1.29, 1.82) is 0 Å². The Morgan fingerprint density at radius 2 is 1.35 bits per heavy atom. The molecule has 0 saturated carbocycles. The number of aromatic nitrogens is 1. The molecule has 0 unspecified atom stereocenters. The van der Waals surface area contributed by atoms with Crippen molar-refractivity contribution in [2.45, 2.75) is 6.61 Å². The second kappa shape index (κ2) is 6.59. The Balaban J connectivity index is 2.21. The third-order valence-corrected chi connectivity index (χ3v) is 4.14. The molecule has 0 atom stereocenters. The van der Waals surface area contributed by atoms with Gasteiger partial charge in [0.25, 0.3) is 0 Å². The van der Waals surface area contributed by atoms with Crippen molar-refractivity contribution in [3.05, 3.63) is 81.6 Å². The van der Waals surface area contributed by atoms with Gasteiger partial charge in [0.15, 0.2) is 6.20 Å². The lowest BCUT2D eigenvalue weighted by molar-refractivity contribution is -0.594. The van der Waals surface area contributed by atoms with Crippen LogP contribution in [0.15, 0.2) is 60.8 Å². The molecule has 3 nitrogen and oxygen atoms in total. The number of hydrogen-bond donors (Lipinski definition) is 1. The maximum Gasteiger partial charge on any atom is 0.229 e. The first kappa shape index (κ1) is 15.8. The fourth-order valence-corrected chi connectivity index (χ4v) is 2.80. The lowest BCUT2D eigenvalue weighted by Gasteiger charge is -2.13. The highest BCUT2D eigenvalue weighted by Gasteiger charge is 2.19. The normalized spacial score (nSPS) is 10.7. The molecule has 0 aliphatic rings. The number of benzene rings is 2. The van der Waals surface area contributed by atoms with Crippen LogP contribution in [-0.2, 0) is 6.61 Å². The molecule has 5 heteroatoms. The summed E-state index contributed by atoms with van der Waals surface area (Å²) in [5.74, 6) is 0. The van der Waals surface area contributed by atoms with E-state index < -0.39 is 0 Å². The molecule has 0 radical (unpaired) electrons. The first-order valence-corrected chi connectivity index (χ1v) is 7.73. The molecule has 1 N–H and O–H groups in total. The first-order chi connectivity index (χ1) is 11.1. The summed E-state index contributed by atoms with van der Waals surface area (Å²) in [6, 6.07) is 15.9. The second-order valence-electron chi connectivity index (χ2n) is 5.05. The van der Waals surface area contributed by atoms with Crippen LogP contribution in [0.3, 0.4) is 0 Å². The molecule has 0 saturated heterocycles. The molecule has 3 aromatic rings. The van der Waals surface area contributed by atoms with Gasteiger partial charge in [-0.05, 0) is 47.5 Å². The van der Waals surface area contributed by atoms with Crippen LogP contribution < -0.4 is 4.73 Å². The fraction of sp³-hybridized carbons (Fsp3) is 0.0556. The van der Waals surface area contributed by atoms with Crippen LogP contribution in [0.4, 0.5) is 0 Å². The zero-order chi connectivity index (χ0) is 16.4. The van der Waals surface area contributed by atoms with Gasteiger partial charge in [-0.2, -0.15) is 4.73 Å². The number of aliphatic hydroxyl groups is 1. The van der Waals surface area contributed by atoms with Gasteiger partial charge in [-0.15, -0.1) is 0 Å². The van der Waals surface area contributed by atoms with Gasteiger partial charge < -0.3 is 10.3 Å². The maximum absolute atomic E-state index is 12.3. The van der Waals surface area contributed by atoms with E-state index in [0.717, 1.165) is 15.9 Å². The summed E-state index contributed by atoms with van der Waals surface area (Å²) in [5.41, 5.74) is 3.35. The molecule has 0 aliphatic heterocycles. The summed E-state index contributed by atoms with van der Waals surface area (Å²) in [5, 5.41) is 23.3. The van der Waals surface area contributed by atoms with E-state index in [4.69, 9.17) is 23.2 Å². The van der Waals surface area contributed by atoms with Gasteiger partial charge in [-0.3, -0.25) is 0 Å². The molecular formula is C18H13Cl2NO2. The van der Waals surface area contributed by atoms with E-state index in [0.29, 0.717) is 26.9 Å². The second-order valence-corrected chi connectivity index (χ2v) is 5.93. The molecule has 23 heavy (non-hydrogen) atoms. The highest BCUT2D eigenvalue weighted by molar-refractivity contribution is 6.30. The van der Waals surface area contributed by atoms with E-state index in [1.165, 1.54) is 6.20 Å². The van der Waals surface area contributed by atoms with Crippen molar-refractivity contribution in [3.63, 3.8) is 0 Å². The predicted octanol–water partition coefficient (Wildman–Crippen LogP) is 4.45. The summed E-state index contributed by atoms with van der Waals surface area (Å²) >= 11 is 11.8. The summed E-state index contributed by atoms with van der Waals surface area (Å²) < 4.78 is 0.758. The average Bonchev–Trinajstić information content (AvgIpc) is 2.56. The molecule has 0 amide bonds. The highest BCUT2D eigenvalue weighted by atomic mass is 35.5. The Hall–Kier alpha value is -2.07. The Morgan fingerprint density at radius 3 is 1.87 bits per heavy atom. The van der Waals surface area contributed by atoms with Crippen LogP contribution in [-0.4, -0.2) is 5.11 Å². The highest BCUT2D eigenvalue weighted by Crippen LogP contribution is 2.31. The Kier molecular flexibility index (Phi) is 4.53. The summed E-state index contributed by atoms with van der Waals surface area (Å²) in [6.45, 7) is -0.251. The summed E-state index contributed by atoms with van der Waals surface area (Å²) in [4.78, 5) is 0. The van der Waals surface area contributed by atoms with Crippen molar-refractivity contribution in [3.8, 4) is 22.4 Å². The third kappa shape index (κ3) is 3.17. The van der Waals surface area contributed by atoms with Gasteiger partial charge in [-0.25, -0.2) is 0 Å². The van der Waals surface area contributed by atoms with E-state index in [9.17, 15) is 10.3 Å². The standard InChI is InChI=1S/C18H13Cl2NO2/c19-14-5-1-12(2-6-14)16-9-10-21(23)18(17(16)11-22)13-3-7-15(20)8-4-13/h1-10,22H,11H2. The minimum atomic E-state index is -0.251. The minimum absolute atomic E-state index is 0.251. The fourth-order valence-electron chi connectivity index (χ4n) is 2.55. The molecule has 3 rings (SSSR count). The third-order valence-electron chi connectivity index (χ3n) is 3.64. The lowest BCUT2D eigenvalue weighted by Crippen LogP contribution is -2.30. The molecule has 0 fully saturated rings. The molecule has 1 heterocycles. The van der Waals surface area contributed by atoms with Gasteiger partial charge in [0.05, 0.1) is 12.2 Å². The van der Waals surface area contributed by atoms with Gasteiger partial charge >= 0.3 is 0 Å². The van der Waals surface area contributed by atoms with Crippen molar-refractivity contribution in [1.82, 2.24) is 0 Å². The Morgan fingerprint density at radius 1 is 0.826 bits per heavy atom. The van der Waals surface area contributed by atoms with Crippen LogP contribution in [0.1, 0.15) is 5.56 Å². The van der Waals surface area contributed by atoms with Crippen molar-refractivity contribution < 1.29 is 9.84 Å². The zero-order valence-corrected chi connectivity index (χ0v) is 13.6. The predicted molar refractivity (Wildman–Crippen MR) is 92.2 cm³/mol. The van der Waals surface area contributed by atoms with E-state index in [1.807, 2.05) is 12.1 Å². The minimum Gasteiger partial charge on any atom is -0.618 e. The molecule has 0 aliphatic carbocycles. The van der Waals surface area contributed by atoms with Gasteiger partial charge in [0.1, 0.15) is 0 Å². The van der Waals surface area contributed by atoms with E-state index in [-0.39, 0.29) is 6.61 Å². The molecule has 2 aromatic carbocycles. The summed E-state index contributed by atoms with van der Waals surface area (Å²) in [7, 11) is 0. The molecule has 116 valence electrons. The number of nitrogens with zero attached hydrogens (tertiary/aromatic N) is 1. The van der Waals surface area contributed by atoms with E-state index >= 15 is 0 Å². The maximum atomic E-state index is 12.3. The van der Waals surface area contributed by atoms with Gasteiger partial charge in [0.2, 0.25) is 5.69 Å². The van der Waals surface area contributed by atoms with E-state index in [2.05, 4.69) is 0 Å². The first-order valence-electron chi connectivity index (χ1n) is 6.98. The van der Waals surface area contributed by atoms with Crippen LogP contribution in [0, 0.1) is 5.21 Å². The van der Waals surface area contributed by atoms with Crippen molar-refractivity contribution in [2.75, 3.05) is 0 Å². The average molecular weight is 346 g/mol. The number of rotatable bonds is 3.